The first-order chi connectivity index (χ1) is 33.3. The zero-order chi connectivity index (χ0) is 49.4. The smallest absolute Gasteiger partial charge is 0.220 e. The predicted molar refractivity (Wildman–Crippen MR) is 286 cm³/mol. The average Bonchev–Trinajstić information content (AvgIpc) is 3.34. The number of carbonyl (C=O) groups is 1. The van der Waals surface area contributed by atoms with E-state index in [2.05, 4.69) is 43.5 Å². The van der Waals surface area contributed by atoms with Crippen molar-refractivity contribution < 1.29 is 39.8 Å². The summed E-state index contributed by atoms with van der Waals surface area (Å²) in [6.07, 6.45) is 56.4. The summed E-state index contributed by atoms with van der Waals surface area (Å²) in [4.78, 5) is 13.1. The van der Waals surface area contributed by atoms with Gasteiger partial charge in [0.05, 0.1) is 25.4 Å². The highest BCUT2D eigenvalue weighted by molar-refractivity contribution is 5.76. The number of allylic oxidation sites excluding steroid dienone is 5. The summed E-state index contributed by atoms with van der Waals surface area (Å²) in [6, 6.07) is -0.826. The van der Waals surface area contributed by atoms with E-state index in [1.54, 1.807) is 6.08 Å². The molecule has 1 rings (SSSR count). The number of ether oxygens (including phenoxy) is 2. The van der Waals surface area contributed by atoms with Crippen LogP contribution in [0.3, 0.4) is 0 Å². The van der Waals surface area contributed by atoms with Crippen LogP contribution in [0.5, 0.6) is 0 Å². The monoisotopic (exact) mass is 962 g/mol. The lowest BCUT2D eigenvalue weighted by Crippen LogP contribution is -2.60. The van der Waals surface area contributed by atoms with Crippen molar-refractivity contribution in [2.45, 2.75) is 320 Å². The van der Waals surface area contributed by atoms with E-state index in [0.29, 0.717) is 6.42 Å². The number of unbranched alkanes of at least 4 members (excludes halogenated alkanes) is 36. The second kappa shape index (κ2) is 49.0. The van der Waals surface area contributed by atoms with Gasteiger partial charge in [-0.25, -0.2) is 0 Å². The number of nitrogens with one attached hydrogen (secondary N) is 1. The second-order valence-corrected chi connectivity index (χ2v) is 20.4. The Balaban J connectivity index is 2.25. The largest absolute Gasteiger partial charge is 0.394 e. The molecule has 0 aliphatic carbocycles. The van der Waals surface area contributed by atoms with Gasteiger partial charge in [-0.15, -0.1) is 0 Å². The second-order valence-electron chi connectivity index (χ2n) is 20.4. The van der Waals surface area contributed by atoms with Crippen LogP contribution in [-0.4, -0.2) is 87.5 Å². The van der Waals surface area contributed by atoms with Crippen molar-refractivity contribution in [3.8, 4) is 0 Å². The van der Waals surface area contributed by atoms with E-state index in [1.165, 1.54) is 212 Å². The molecule has 7 atom stereocenters. The van der Waals surface area contributed by atoms with Crippen molar-refractivity contribution in [3.63, 3.8) is 0 Å². The minimum atomic E-state index is -1.57. The number of hydrogen-bond donors (Lipinski definition) is 6. The molecule has 0 spiro atoms. The number of aliphatic hydroxyl groups excluding tert-OH is 5. The molecule has 7 unspecified atom stereocenters. The number of aliphatic hydroxyl groups is 5. The Kier molecular flexibility index (Phi) is 46.4. The van der Waals surface area contributed by atoms with Gasteiger partial charge in [-0.3, -0.25) is 4.79 Å². The highest BCUT2D eigenvalue weighted by atomic mass is 16.7. The highest BCUT2D eigenvalue weighted by Gasteiger charge is 2.44. The molecule has 400 valence electrons. The fraction of sp³-hybridized carbons (Fsp3) is 0.881. The predicted octanol–water partition coefficient (Wildman–Crippen LogP) is 14.4. The van der Waals surface area contributed by atoms with Gasteiger partial charge in [0.1, 0.15) is 24.4 Å². The van der Waals surface area contributed by atoms with Gasteiger partial charge in [-0.05, 0) is 44.9 Å². The molecule has 0 radical (unpaired) electrons. The standard InChI is InChI=1S/C59H111NO8/c1-3-5-7-9-11-13-15-17-19-21-23-25-27-29-31-33-35-37-39-41-43-45-47-49-55(63)60-52(51-67-59-58(66)57(65)56(64)54(50-61)68-59)53(62)48-46-44-42-40-38-36-34-32-30-28-26-24-22-20-18-16-14-12-10-8-6-4-2/h30,32,38,40,46,48,52-54,56-59,61-62,64-66H,3-29,31,33-37,39,41-45,47,49-51H2,1-2H3,(H,60,63)/b32-30+,40-38+,48-46+. The van der Waals surface area contributed by atoms with Gasteiger partial charge in [0.2, 0.25) is 5.91 Å². The van der Waals surface area contributed by atoms with Gasteiger partial charge in [0, 0.05) is 6.42 Å². The molecule has 0 bridgehead atoms. The van der Waals surface area contributed by atoms with Crippen LogP contribution in [0, 0.1) is 0 Å². The molecule has 0 aromatic carbocycles. The van der Waals surface area contributed by atoms with Gasteiger partial charge in [0.25, 0.3) is 0 Å². The molecular weight excluding hydrogens is 851 g/mol. The Labute approximate surface area is 419 Å². The number of rotatable bonds is 50. The fourth-order valence-corrected chi connectivity index (χ4v) is 9.31. The van der Waals surface area contributed by atoms with Crippen LogP contribution in [-0.2, 0) is 14.3 Å². The number of hydrogen-bond acceptors (Lipinski definition) is 8. The molecule has 6 N–H and O–H groups in total. The van der Waals surface area contributed by atoms with E-state index in [0.717, 1.165) is 44.9 Å². The van der Waals surface area contributed by atoms with Crippen molar-refractivity contribution in [1.82, 2.24) is 5.32 Å². The van der Waals surface area contributed by atoms with Crippen molar-refractivity contribution in [1.29, 1.82) is 0 Å². The summed E-state index contributed by atoms with van der Waals surface area (Å²) >= 11 is 0. The summed E-state index contributed by atoms with van der Waals surface area (Å²) in [5.41, 5.74) is 0. The SMILES string of the molecule is CCCCCCCCCCCCCC/C=C/CC/C=C/CC/C=C/C(O)C(COC1OC(CO)C(O)C(O)C1O)NC(=O)CCCCCCCCCCCCCCCCCCCCCCCCC. The molecule has 0 aromatic heterocycles. The third kappa shape index (κ3) is 38.1. The molecule has 1 aliphatic rings. The zero-order valence-corrected chi connectivity index (χ0v) is 44.4. The van der Waals surface area contributed by atoms with Crippen molar-refractivity contribution in [2.75, 3.05) is 13.2 Å². The van der Waals surface area contributed by atoms with Crippen LogP contribution in [0.15, 0.2) is 36.5 Å². The van der Waals surface area contributed by atoms with E-state index in [9.17, 15) is 30.3 Å². The lowest BCUT2D eigenvalue weighted by molar-refractivity contribution is -0.302. The summed E-state index contributed by atoms with van der Waals surface area (Å²) < 4.78 is 11.3. The minimum absolute atomic E-state index is 0.186. The number of carbonyl (C=O) groups excluding carboxylic acids is 1. The first-order valence-electron chi connectivity index (χ1n) is 29.2. The van der Waals surface area contributed by atoms with Gasteiger partial charge in [-0.1, -0.05) is 262 Å². The summed E-state index contributed by atoms with van der Waals surface area (Å²) in [6.45, 7) is 3.79. The maximum atomic E-state index is 13.1. The molecule has 1 fully saturated rings. The lowest BCUT2D eigenvalue weighted by Gasteiger charge is -2.40. The number of amides is 1. The molecule has 1 heterocycles. The normalized spacial score (nSPS) is 19.8. The Bertz CT molecular complexity index is 1160. The van der Waals surface area contributed by atoms with Crippen LogP contribution in [0.4, 0.5) is 0 Å². The maximum Gasteiger partial charge on any atom is 0.220 e. The topological polar surface area (TPSA) is 149 Å². The quantitative estimate of drug-likeness (QED) is 0.0261. The average molecular weight is 963 g/mol. The first kappa shape index (κ1) is 64.4. The van der Waals surface area contributed by atoms with Gasteiger partial charge >= 0.3 is 0 Å². The highest BCUT2D eigenvalue weighted by Crippen LogP contribution is 2.23. The van der Waals surface area contributed by atoms with E-state index in [-0.39, 0.29) is 12.5 Å². The fourth-order valence-electron chi connectivity index (χ4n) is 9.31. The molecule has 1 amide bonds. The zero-order valence-electron chi connectivity index (χ0n) is 44.4. The van der Waals surface area contributed by atoms with Crippen LogP contribution in [0.25, 0.3) is 0 Å². The maximum absolute atomic E-state index is 13.1. The Morgan fingerprint density at radius 2 is 0.838 bits per heavy atom. The Morgan fingerprint density at radius 1 is 0.485 bits per heavy atom. The van der Waals surface area contributed by atoms with E-state index in [4.69, 9.17) is 9.47 Å². The van der Waals surface area contributed by atoms with Crippen molar-refractivity contribution >= 4 is 5.91 Å². The molecule has 1 aliphatic heterocycles. The molecule has 68 heavy (non-hydrogen) atoms. The molecule has 9 heteroatoms. The molecule has 0 aromatic rings. The summed E-state index contributed by atoms with van der Waals surface area (Å²) in [5, 5.41) is 54.5. The minimum Gasteiger partial charge on any atom is -0.394 e. The van der Waals surface area contributed by atoms with Crippen LogP contribution in [0.2, 0.25) is 0 Å². The molecule has 0 saturated carbocycles. The summed E-state index contributed by atoms with van der Waals surface area (Å²) in [5.74, 6) is -0.186. The van der Waals surface area contributed by atoms with Crippen molar-refractivity contribution in [3.05, 3.63) is 36.5 Å². The Morgan fingerprint density at radius 3 is 1.24 bits per heavy atom. The molecule has 9 nitrogen and oxygen atoms in total. The van der Waals surface area contributed by atoms with E-state index >= 15 is 0 Å². The third-order valence-corrected chi connectivity index (χ3v) is 13.9. The van der Waals surface area contributed by atoms with Crippen LogP contribution < -0.4 is 5.32 Å². The third-order valence-electron chi connectivity index (χ3n) is 13.9. The van der Waals surface area contributed by atoms with Gasteiger partial charge < -0.3 is 40.3 Å². The van der Waals surface area contributed by atoms with Gasteiger partial charge in [-0.2, -0.15) is 0 Å². The lowest BCUT2D eigenvalue weighted by atomic mass is 9.99. The van der Waals surface area contributed by atoms with Crippen LogP contribution in [0.1, 0.15) is 277 Å². The molecular formula is C59H111NO8. The van der Waals surface area contributed by atoms with Crippen molar-refractivity contribution in [2.24, 2.45) is 0 Å². The van der Waals surface area contributed by atoms with Gasteiger partial charge in [0.15, 0.2) is 6.29 Å². The van der Waals surface area contributed by atoms with E-state index in [1.807, 2.05) is 6.08 Å². The first-order valence-corrected chi connectivity index (χ1v) is 29.2. The Hall–Kier alpha value is -1.59. The molecule has 1 saturated heterocycles. The summed E-state index contributed by atoms with van der Waals surface area (Å²) in [7, 11) is 0. The van der Waals surface area contributed by atoms with E-state index < -0.39 is 49.5 Å². The van der Waals surface area contributed by atoms with Crippen LogP contribution >= 0.6 is 0 Å².